The van der Waals surface area contributed by atoms with Crippen LogP contribution in [0, 0.1) is 13.8 Å². The molecule has 17 heavy (non-hydrogen) atoms. The van der Waals surface area contributed by atoms with E-state index in [0.29, 0.717) is 13.0 Å². The standard InChI is InChI=1S/C13H16N2O2/c1-9-5-6-11(10(2)8-9)14-13(17)15-7-3-4-12(15)16/h5-6,8H,3-4,7H2,1-2H3,(H,14,17). The van der Waals surface area contributed by atoms with Gasteiger partial charge in [0.05, 0.1) is 0 Å². The fourth-order valence-electron chi connectivity index (χ4n) is 2.00. The highest BCUT2D eigenvalue weighted by Gasteiger charge is 2.26. The number of aryl methyl sites for hydroxylation is 2. The Balaban J connectivity index is 2.10. The van der Waals surface area contributed by atoms with E-state index in [1.165, 1.54) is 4.90 Å². The molecule has 1 heterocycles. The van der Waals surface area contributed by atoms with Crippen LogP contribution in [0.2, 0.25) is 0 Å². The van der Waals surface area contributed by atoms with Gasteiger partial charge in [-0.15, -0.1) is 0 Å². The molecule has 0 aromatic heterocycles. The molecule has 0 saturated carbocycles. The third kappa shape index (κ3) is 2.46. The van der Waals surface area contributed by atoms with Gasteiger partial charge in [-0.05, 0) is 31.9 Å². The van der Waals surface area contributed by atoms with Crippen LogP contribution in [0.5, 0.6) is 0 Å². The lowest BCUT2D eigenvalue weighted by Crippen LogP contribution is -2.35. The van der Waals surface area contributed by atoms with Gasteiger partial charge in [0.2, 0.25) is 5.91 Å². The van der Waals surface area contributed by atoms with Gasteiger partial charge in [0.15, 0.2) is 0 Å². The average Bonchev–Trinajstić information content (AvgIpc) is 2.68. The van der Waals surface area contributed by atoms with Crippen molar-refractivity contribution in [3.63, 3.8) is 0 Å². The number of likely N-dealkylation sites (tertiary alicyclic amines) is 1. The Labute approximate surface area is 101 Å². The first-order valence-electron chi connectivity index (χ1n) is 5.76. The Bertz CT molecular complexity index is 468. The SMILES string of the molecule is Cc1ccc(NC(=O)N2CCCC2=O)c(C)c1. The maximum absolute atomic E-state index is 11.9. The highest BCUT2D eigenvalue weighted by atomic mass is 16.2. The topological polar surface area (TPSA) is 49.4 Å². The van der Waals surface area contributed by atoms with Crippen LogP contribution in [0.1, 0.15) is 24.0 Å². The number of hydrogen-bond donors (Lipinski definition) is 1. The molecule has 2 rings (SSSR count). The Kier molecular flexibility index (Phi) is 3.13. The third-order valence-electron chi connectivity index (χ3n) is 2.94. The van der Waals surface area contributed by atoms with E-state index in [-0.39, 0.29) is 11.9 Å². The van der Waals surface area contributed by atoms with Crippen molar-refractivity contribution in [2.75, 3.05) is 11.9 Å². The van der Waals surface area contributed by atoms with Crippen molar-refractivity contribution in [3.05, 3.63) is 29.3 Å². The monoisotopic (exact) mass is 232 g/mol. The average molecular weight is 232 g/mol. The van der Waals surface area contributed by atoms with Crippen LogP contribution in [0.4, 0.5) is 10.5 Å². The molecule has 1 N–H and O–H groups in total. The van der Waals surface area contributed by atoms with Gasteiger partial charge >= 0.3 is 6.03 Å². The first kappa shape index (κ1) is 11.6. The van der Waals surface area contributed by atoms with Gasteiger partial charge in [-0.3, -0.25) is 9.69 Å². The number of amides is 3. The third-order valence-corrected chi connectivity index (χ3v) is 2.94. The van der Waals surface area contributed by atoms with Crippen molar-refractivity contribution in [2.24, 2.45) is 0 Å². The number of rotatable bonds is 1. The Morgan fingerprint density at radius 2 is 2.12 bits per heavy atom. The second-order valence-electron chi connectivity index (χ2n) is 4.40. The van der Waals surface area contributed by atoms with Gasteiger partial charge in [0, 0.05) is 18.7 Å². The number of anilines is 1. The second-order valence-corrected chi connectivity index (χ2v) is 4.40. The van der Waals surface area contributed by atoms with E-state index >= 15 is 0 Å². The van der Waals surface area contributed by atoms with Crippen LogP contribution in [0.3, 0.4) is 0 Å². The summed E-state index contributed by atoms with van der Waals surface area (Å²) in [6.07, 6.45) is 1.24. The molecule has 4 nitrogen and oxygen atoms in total. The zero-order valence-corrected chi connectivity index (χ0v) is 10.1. The van der Waals surface area contributed by atoms with Gasteiger partial charge in [-0.25, -0.2) is 4.79 Å². The number of nitrogens with zero attached hydrogens (tertiary/aromatic N) is 1. The van der Waals surface area contributed by atoms with Gasteiger partial charge in [0.25, 0.3) is 0 Å². The summed E-state index contributed by atoms with van der Waals surface area (Å²) in [5.41, 5.74) is 2.92. The highest BCUT2D eigenvalue weighted by Crippen LogP contribution is 2.18. The number of carbonyl (C=O) groups is 2. The molecule has 1 fully saturated rings. The molecule has 1 aliphatic rings. The van der Waals surface area contributed by atoms with Crippen molar-refractivity contribution in [3.8, 4) is 0 Å². The lowest BCUT2D eigenvalue weighted by molar-refractivity contribution is -0.125. The number of benzene rings is 1. The first-order chi connectivity index (χ1) is 8.08. The summed E-state index contributed by atoms with van der Waals surface area (Å²) in [6, 6.07) is 5.48. The van der Waals surface area contributed by atoms with Gasteiger partial charge in [-0.2, -0.15) is 0 Å². The van der Waals surface area contributed by atoms with E-state index in [0.717, 1.165) is 23.2 Å². The van der Waals surface area contributed by atoms with Gasteiger partial charge in [0.1, 0.15) is 0 Å². The summed E-state index contributed by atoms with van der Waals surface area (Å²) in [6.45, 7) is 4.46. The highest BCUT2D eigenvalue weighted by molar-refractivity contribution is 6.02. The lowest BCUT2D eigenvalue weighted by atomic mass is 10.1. The largest absolute Gasteiger partial charge is 0.328 e. The maximum atomic E-state index is 11.9. The zero-order valence-electron chi connectivity index (χ0n) is 10.1. The van der Waals surface area contributed by atoms with Crippen LogP contribution in [-0.4, -0.2) is 23.4 Å². The lowest BCUT2D eigenvalue weighted by Gasteiger charge is -2.16. The minimum atomic E-state index is -0.320. The van der Waals surface area contributed by atoms with Crippen molar-refractivity contribution in [1.29, 1.82) is 0 Å². The summed E-state index contributed by atoms with van der Waals surface area (Å²) in [5.74, 6) is -0.0905. The van der Waals surface area contributed by atoms with Crippen LogP contribution in [0.15, 0.2) is 18.2 Å². The molecule has 1 aliphatic heterocycles. The summed E-state index contributed by atoms with van der Waals surface area (Å²) < 4.78 is 0. The van der Waals surface area contributed by atoms with Crippen molar-refractivity contribution in [1.82, 2.24) is 4.90 Å². The number of hydrogen-bond acceptors (Lipinski definition) is 2. The Hall–Kier alpha value is -1.84. The molecule has 4 heteroatoms. The van der Waals surface area contributed by atoms with Gasteiger partial charge < -0.3 is 5.32 Å². The van der Waals surface area contributed by atoms with Gasteiger partial charge in [-0.1, -0.05) is 17.7 Å². The molecule has 0 aliphatic carbocycles. The maximum Gasteiger partial charge on any atom is 0.328 e. The van der Waals surface area contributed by atoms with E-state index in [4.69, 9.17) is 0 Å². The Morgan fingerprint density at radius 1 is 1.35 bits per heavy atom. The molecular weight excluding hydrogens is 216 g/mol. The molecule has 1 saturated heterocycles. The number of imide groups is 1. The van der Waals surface area contributed by atoms with Crippen LogP contribution in [0.25, 0.3) is 0 Å². The summed E-state index contributed by atoms with van der Waals surface area (Å²) >= 11 is 0. The van der Waals surface area contributed by atoms with E-state index in [1.54, 1.807) is 0 Å². The summed E-state index contributed by atoms with van der Waals surface area (Å²) in [7, 11) is 0. The minimum absolute atomic E-state index is 0.0905. The predicted molar refractivity (Wildman–Crippen MR) is 65.9 cm³/mol. The molecule has 0 radical (unpaired) electrons. The fraction of sp³-hybridized carbons (Fsp3) is 0.385. The molecule has 90 valence electrons. The minimum Gasteiger partial charge on any atom is -0.307 e. The molecule has 1 aromatic rings. The van der Waals surface area contributed by atoms with E-state index in [2.05, 4.69) is 5.32 Å². The van der Waals surface area contributed by atoms with E-state index < -0.39 is 0 Å². The molecular formula is C13H16N2O2. The number of urea groups is 1. The smallest absolute Gasteiger partial charge is 0.307 e. The van der Waals surface area contributed by atoms with Crippen molar-refractivity contribution in [2.45, 2.75) is 26.7 Å². The molecule has 0 spiro atoms. The van der Waals surface area contributed by atoms with E-state index in [9.17, 15) is 9.59 Å². The normalized spacial score (nSPS) is 15.2. The van der Waals surface area contributed by atoms with Crippen molar-refractivity contribution >= 4 is 17.6 Å². The summed E-state index contributed by atoms with van der Waals surface area (Å²) in [5, 5.41) is 2.78. The van der Waals surface area contributed by atoms with Crippen LogP contribution < -0.4 is 5.32 Å². The van der Waals surface area contributed by atoms with Crippen LogP contribution >= 0.6 is 0 Å². The molecule has 0 bridgehead atoms. The second kappa shape index (κ2) is 4.57. The quantitative estimate of drug-likeness (QED) is 0.808. The number of carbonyl (C=O) groups excluding carboxylic acids is 2. The molecule has 0 unspecified atom stereocenters. The first-order valence-corrected chi connectivity index (χ1v) is 5.76. The fourth-order valence-corrected chi connectivity index (χ4v) is 2.00. The molecule has 3 amide bonds. The predicted octanol–water partition coefficient (Wildman–Crippen LogP) is 2.46. The zero-order chi connectivity index (χ0) is 12.4. The molecule has 1 aromatic carbocycles. The van der Waals surface area contributed by atoms with Crippen molar-refractivity contribution < 1.29 is 9.59 Å². The Morgan fingerprint density at radius 3 is 2.71 bits per heavy atom. The van der Waals surface area contributed by atoms with E-state index in [1.807, 2.05) is 32.0 Å². The molecule has 0 atom stereocenters. The number of nitrogens with one attached hydrogen (secondary N) is 1. The van der Waals surface area contributed by atoms with Crippen LogP contribution in [-0.2, 0) is 4.79 Å². The summed E-state index contributed by atoms with van der Waals surface area (Å²) in [4.78, 5) is 24.5.